The Morgan fingerprint density at radius 3 is 2.72 bits per heavy atom. The zero-order valence-corrected chi connectivity index (χ0v) is 11.0. The van der Waals surface area contributed by atoms with Gasteiger partial charge in [-0.2, -0.15) is 0 Å². The van der Waals surface area contributed by atoms with Crippen molar-refractivity contribution in [3.63, 3.8) is 0 Å². The molecule has 0 aliphatic carbocycles. The molecule has 0 saturated heterocycles. The van der Waals surface area contributed by atoms with Crippen molar-refractivity contribution in [2.75, 3.05) is 6.54 Å². The van der Waals surface area contributed by atoms with Gasteiger partial charge >= 0.3 is 6.09 Å². The van der Waals surface area contributed by atoms with Gasteiger partial charge in [-0.05, 0) is 12.0 Å². The summed E-state index contributed by atoms with van der Waals surface area (Å²) >= 11 is 0. The fraction of sp³-hybridized carbons (Fsp3) is 0.364. The first-order chi connectivity index (χ1) is 8.47. The lowest BCUT2D eigenvalue weighted by molar-refractivity contribution is 0.134. The Morgan fingerprint density at radius 2 is 2.11 bits per heavy atom. The molecule has 0 bridgehead atoms. The molecule has 2 N–H and O–H groups in total. The Balaban J connectivity index is 2.11. The number of carbonyl (C=O) groups excluding carboxylic acids is 1. The van der Waals surface area contributed by atoms with Gasteiger partial charge in [-0.1, -0.05) is 30.3 Å². The number of amides is 1. The summed E-state index contributed by atoms with van der Waals surface area (Å²) in [5, 5.41) is -1.83. The van der Waals surface area contributed by atoms with E-state index in [0.29, 0.717) is 0 Å². The van der Waals surface area contributed by atoms with Gasteiger partial charge in [-0.15, -0.1) is 9.24 Å². The molecule has 0 saturated carbocycles. The highest BCUT2D eigenvalue weighted by Gasteiger charge is 2.14. The van der Waals surface area contributed by atoms with Crippen LogP contribution in [0.2, 0.25) is 0 Å². The van der Waals surface area contributed by atoms with Gasteiger partial charge in [0, 0.05) is 6.54 Å². The van der Waals surface area contributed by atoms with Crippen molar-refractivity contribution in [2.45, 2.75) is 18.3 Å². The highest BCUT2D eigenvalue weighted by Crippen LogP contribution is 2.18. The van der Waals surface area contributed by atoms with Gasteiger partial charge in [0.25, 0.3) is 0 Å². The zero-order valence-electron chi connectivity index (χ0n) is 9.86. The minimum absolute atomic E-state index is 0.0522. The van der Waals surface area contributed by atoms with Crippen LogP contribution >= 0.6 is 9.24 Å². The SMILES string of the molecule is [B]C(F)(P)CCNNC(=O)OCc1ccccc1. The van der Waals surface area contributed by atoms with E-state index in [9.17, 15) is 9.18 Å². The van der Waals surface area contributed by atoms with E-state index in [1.54, 1.807) is 0 Å². The van der Waals surface area contributed by atoms with Crippen LogP contribution in [-0.4, -0.2) is 25.8 Å². The third kappa shape index (κ3) is 7.25. The van der Waals surface area contributed by atoms with Gasteiger partial charge in [0.2, 0.25) is 0 Å². The second kappa shape index (κ2) is 7.34. The van der Waals surface area contributed by atoms with Crippen molar-refractivity contribution < 1.29 is 13.9 Å². The average molecular weight is 268 g/mol. The van der Waals surface area contributed by atoms with Gasteiger partial charge in [0.05, 0.1) is 5.31 Å². The molecule has 0 aromatic heterocycles. The van der Waals surface area contributed by atoms with Gasteiger partial charge in [-0.3, -0.25) is 9.82 Å². The van der Waals surface area contributed by atoms with Crippen molar-refractivity contribution in [3.05, 3.63) is 35.9 Å². The van der Waals surface area contributed by atoms with E-state index in [1.807, 2.05) is 39.6 Å². The molecule has 0 aliphatic rings. The van der Waals surface area contributed by atoms with E-state index in [-0.39, 0.29) is 19.6 Å². The molecule has 2 atom stereocenters. The number of hydrogen-bond acceptors (Lipinski definition) is 3. The summed E-state index contributed by atoms with van der Waals surface area (Å²) in [4.78, 5) is 11.2. The third-order valence-corrected chi connectivity index (χ3v) is 2.33. The maximum atomic E-state index is 12.8. The van der Waals surface area contributed by atoms with Crippen molar-refractivity contribution >= 4 is 23.2 Å². The summed E-state index contributed by atoms with van der Waals surface area (Å²) in [5.41, 5.74) is 5.69. The zero-order chi connectivity index (χ0) is 13.4. The summed E-state index contributed by atoms with van der Waals surface area (Å²) < 4.78 is 17.8. The normalized spacial score (nSPS) is 13.7. The molecule has 2 unspecified atom stereocenters. The lowest BCUT2D eigenvalue weighted by atomic mass is 9.98. The largest absolute Gasteiger partial charge is 0.444 e. The highest BCUT2D eigenvalue weighted by molar-refractivity contribution is 7.21. The van der Waals surface area contributed by atoms with Crippen molar-refractivity contribution in [1.29, 1.82) is 0 Å². The van der Waals surface area contributed by atoms with Gasteiger partial charge < -0.3 is 4.74 Å². The van der Waals surface area contributed by atoms with E-state index < -0.39 is 11.4 Å². The first-order valence-electron chi connectivity index (χ1n) is 5.43. The first-order valence-corrected chi connectivity index (χ1v) is 6.01. The Bertz CT molecular complexity index is 373. The molecule has 0 aliphatic heterocycles. The molecule has 0 spiro atoms. The molecule has 96 valence electrons. The molecule has 4 nitrogen and oxygen atoms in total. The van der Waals surface area contributed by atoms with Crippen LogP contribution in [0.3, 0.4) is 0 Å². The smallest absolute Gasteiger partial charge is 0.421 e. The molecular formula is C11H15BFN2O2P. The Kier molecular flexibility index (Phi) is 6.09. The summed E-state index contributed by atoms with van der Waals surface area (Å²) in [6.07, 6.45) is -0.569. The standard InChI is InChI=1S/C11H15BFN2O2P/c12-11(13,18)6-7-14-15-10(16)17-8-9-4-2-1-3-5-9/h1-5,14H,6-8,18H2,(H,15,16). The number of nitrogens with one attached hydrogen (secondary N) is 2. The predicted octanol–water partition coefficient (Wildman–Crippen LogP) is 1.47. The summed E-state index contributed by atoms with van der Waals surface area (Å²) in [7, 11) is 6.97. The van der Waals surface area contributed by atoms with E-state index in [0.717, 1.165) is 5.56 Å². The topological polar surface area (TPSA) is 50.4 Å². The second-order valence-electron chi connectivity index (χ2n) is 3.79. The molecule has 0 heterocycles. The molecule has 7 heteroatoms. The Morgan fingerprint density at radius 1 is 1.44 bits per heavy atom. The van der Waals surface area contributed by atoms with Crippen molar-refractivity contribution in [2.24, 2.45) is 0 Å². The molecule has 18 heavy (non-hydrogen) atoms. The third-order valence-electron chi connectivity index (χ3n) is 2.04. The summed E-state index contributed by atoms with van der Waals surface area (Å²) in [6.45, 7) is 0.388. The molecule has 1 rings (SSSR count). The van der Waals surface area contributed by atoms with E-state index in [1.165, 1.54) is 0 Å². The fourth-order valence-corrected chi connectivity index (χ4v) is 1.29. The number of halogens is 1. The number of ether oxygens (including phenoxy) is 1. The summed E-state index contributed by atoms with van der Waals surface area (Å²) in [6, 6.07) is 9.29. The first kappa shape index (κ1) is 14.9. The van der Waals surface area contributed by atoms with Crippen molar-refractivity contribution in [3.8, 4) is 0 Å². The van der Waals surface area contributed by atoms with E-state index in [4.69, 9.17) is 12.6 Å². The monoisotopic (exact) mass is 268 g/mol. The van der Waals surface area contributed by atoms with Crippen LogP contribution in [0.25, 0.3) is 0 Å². The van der Waals surface area contributed by atoms with E-state index >= 15 is 0 Å². The highest BCUT2D eigenvalue weighted by atomic mass is 31.0. The van der Waals surface area contributed by atoms with Crippen LogP contribution in [0.5, 0.6) is 0 Å². The fourth-order valence-electron chi connectivity index (χ4n) is 1.15. The minimum atomic E-state index is -1.83. The van der Waals surface area contributed by atoms with Crippen molar-refractivity contribution in [1.82, 2.24) is 10.9 Å². The maximum Gasteiger partial charge on any atom is 0.421 e. The number of carbonyl (C=O) groups is 1. The molecular weight excluding hydrogens is 253 g/mol. The van der Waals surface area contributed by atoms with Gasteiger partial charge in [0.1, 0.15) is 14.5 Å². The van der Waals surface area contributed by atoms with Crippen LogP contribution in [0.4, 0.5) is 9.18 Å². The molecule has 2 radical (unpaired) electrons. The number of hydrazine groups is 1. The second-order valence-corrected chi connectivity index (χ2v) is 4.75. The minimum Gasteiger partial charge on any atom is -0.444 e. The molecule has 0 fully saturated rings. The number of rotatable bonds is 6. The lowest BCUT2D eigenvalue weighted by Gasteiger charge is -2.14. The Hall–Kier alpha value is -1.13. The maximum absolute atomic E-state index is 12.8. The number of alkyl halides is 1. The predicted molar refractivity (Wildman–Crippen MR) is 71.7 cm³/mol. The number of hydrogen-bond donors (Lipinski definition) is 2. The van der Waals surface area contributed by atoms with Crippen LogP contribution in [0, 0.1) is 0 Å². The van der Waals surface area contributed by atoms with Crippen LogP contribution < -0.4 is 10.9 Å². The van der Waals surface area contributed by atoms with Crippen LogP contribution in [0.15, 0.2) is 30.3 Å². The average Bonchev–Trinajstić information content (AvgIpc) is 2.32. The quantitative estimate of drug-likeness (QED) is 0.355. The molecule has 1 amide bonds. The number of benzene rings is 1. The van der Waals surface area contributed by atoms with Gasteiger partial charge in [0.15, 0.2) is 0 Å². The molecule has 1 aromatic carbocycles. The van der Waals surface area contributed by atoms with Crippen LogP contribution in [0.1, 0.15) is 12.0 Å². The van der Waals surface area contributed by atoms with Gasteiger partial charge in [-0.25, -0.2) is 10.2 Å². The van der Waals surface area contributed by atoms with E-state index in [2.05, 4.69) is 10.9 Å². The van der Waals surface area contributed by atoms with Crippen LogP contribution in [-0.2, 0) is 11.3 Å². The lowest BCUT2D eigenvalue weighted by Crippen LogP contribution is -2.39. The Labute approximate surface area is 109 Å². The summed E-state index contributed by atoms with van der Waals surface area (Å²) in [5.74, 6) is 0. The molecule has 1 aromatic rings.